The fraction of sp³-hybridized carbons (Fsp3) is 0.417. The van der Waals surface area contributed by atoms with Crippen LogP contribution in [0.5, 0.6) is 0 Å². The highest BCUT2D eigenvalue weighted by molar-refractivity contribution is 6.30. The summed E-state index contributed by atoms with van der Waals surface area (Å²) >= 11 is 5.98. The summed E-state index contributed by atoms with van der Waals surface area (Å²) in [5.74, 6) is -0.202. The molecule has 0 spiro atoms. The van der Waals surface area contributed by atoms with Gasteiger partial charge in [0.15, 0.2) is 0 Å². The Morgan fingerprint density at radius 3 is 2.10 bits per heavy atom. The van der Waals surface area contributed by atoms with Crippen LogP contribution in [0, 0.1) is 6.92 Å². The summed E-state index contributed by atoms with van der Waals surface area (Å²) < 4.78 is 0. The first-order valence-electron chi connectivity index (χ1n) is 9.96. The van der Waals surface area contributed by atoms with Crippen molar-refractivity contribution in [2.24, 2.45) is 0 Å². The second-order valence-electron chi connectivity index (χ2n) is 8.55. The van der Waals surface area contributed by atoms with Gasteiger partial charge in [0.2, 0.25) is 11.8 Å². The Hall–Kier alpha value is -2.33. The van der Waals surface area contributed by atoms with Gasteiger partial charge in [-0.3, -0.25) is 9.59 Å². The van der Waals surface area contributed by atoms with E-state index in [4.69, 9.17) is 11.6 Å². The number of aryl methyl sites for hydroxylation is 2. The van der Waals surface area contributed by atoms with Crippen LogP contribution in [-0.4, -0.2) is 28.3 Å². The van der Waals surface area contributed by atoms with Gasteiger partial charge in [0.05, 0.1) is 0 Å². The maximum Gasteiger partial charge on any atom is 0.242 e. The van der Waals surface area contributed by atoms with E-state index in [9.17, 15) is 9.59 Å². The van der Waals surface area contributed by atoms with Crippen molar-refractivity contribution < 1.29 is 9.59 Å². The molecule has 1 atom stereocenters. The first-order chi connectivity index (χ1) is 13.5. The molecule has 2 aromatic carbocycles. The zero-order chi connectivity index (χ0) is 21.6. The molecule has 0 aromatic heterocycles. The zero-order valence-electron chi connectivity index (χ0n) is 18.0. The molecule has 1 N–H and O–H groups in total. The van der Waals surface area contributed by atoms with Crippen LogP contribution < -0.4 is 5.32 Å². The SMILES string of the molecule is Cc1ccc(CCC(=O)N(Cc2ccc(Cl)cc2)C(C)C(=O)NC(C)(C)C)cc1. The van der Waals surface area contributed by atoms with Crippen LogP contribution in [0.4, 0.5) is 0 Å². The number of nitrogens with zero attached hydrogens (tertiary/aromatic N) is 1. The largest absolute Gasteiger partial charge is 0.350 e. The predicted octanol–water partition coefficient (Wildman–Crippen LogP) is 4.91. The molecule has 2 aromatic rings. The predicted molar refractivity (Wildman–Crippen MR) is 119 cm³/mol. The maximum absolute atomic E-state index is 13.1. The number of benzene rings is 2. The minimum absolute atomic E-state index is 0.0444. The average Bonchev–Trinajstić information content (AvgIpc) is 2.65. The lowest BCUT2D eigenvalue weighted by atomic mass is 10.1. The summed E-state index contributed by atoms with van der Waals surface area (Å²) in [4.78, 5) is 27.5. The summed E-state index contributed by atoms with van der Waals surface area (Å²) in [5.41, 5.74) is 2.88. The van der Waals surface area contributed by atoms with Crippen molar-refractivity contribution in [2.75, 3.05) is 0 Å². The molecule has 0 radical (unpaired) electrons. The molecule has 0 aliphatic rings. The maximum atomic E-state index is 13.1. The van der Waals surface area contributed by atoms with Crippen LogP contribution in [0.15, 0.2) is 48.5 Å². The molecule has 0 bridgehead atoms. The third-order valence-corrected chi connectivity index (χ3v) is 4.93. The summed E-state index contributed by atoms with van der Waals surface area (Å²) in [6.07, 6.45) is 0.994. The standard InChI is InChI=1S/C24H31ClN2O2/c1-17-6-8-19(9-7-17)12-15-22(28)27(16-20-10-13-21(25)14-11-20)18(2)23(29)26-24(3,4)5/h6-11,13-14,18H,12,15-16H2,1-5H3,(H,26,29). The third-order valence-electron chi connectivity index (χ3n) is 4.68. The summed E-state index contributed by atoms with van der Waals surface area (Å²) in [6.45, 7) is 9.97. The molecular formula is C24H31ClN2O2. The average molecular weight is 415 g/mol. The van der Waals surface area contributed by atoms with E-state index in [2.05, 4.69) is 5.32 Å². The van der Waals surface area contributed by atoms with E-state index < -0.39 is 6.04 Å². The third kappa shape index (κ3) is 7.54. The van der Waals surface area contributed by atoms with Gasteiger partial charge in [-0.05, 0) is 64.3 Å². The van der Waals surface area contributed by atoms with Gasteiger partial charge in [-0.1, -0.05) is 53.6 Å². The van der Waals surface area contributed by atoms with Crippen LogP contribution in [0.25, 0.3) is 0 Å². The topological polar surface area (TPSA) is 49.4 Å². The van der Waals surface area contributed by atoms with E-state index in [1.165, 1.54) is 5.56 Å². The Bertz CT molecular complexity index is 823. The first kappa shape index (κ1) is 23.0. The second-order valence-corrected chi connectivity index (χ2v) is 8.99. The van der Waals surface area contributed by atoms with E-state index in [0.29, 0.717) is 24.4 Å². The van der Waals surface area contributed by atoms with E-state index >= 15 is 0 Å². The molecule has 156 valence electrons. The minimum atomic E-state index is -0.574. The highest BCUT2D eigenvalue weighted by atomic mass is 35.5. The highest BCUT2D eigenvalue weighted by Gasteiger charge is 2.28. The van der Waals surface area contributed by atoms with Gasteiger partial charge < -0.3 is 10.2 Å². The van der Waals surface area contributed by atoms with Crippen molar-refractivity contribution in [2.45, 2.75) is 65.6 Å². The van der Waals surface area contributed by atoms with Gasteiger partial charge in [-0.2, -0.15) is 0 Å². The monoisotopic (exact) mass is 414 g/mol. The zero-order valence-corrected chi connectivity index (χ0v) is 18.7. The quantitative estimate of drug-likeness (QED) is 0.699. The normalized spacial score (nSPS) is 12.3. The molecule has 0 fully saturated rings. The van der Waals surface area contributed by atoms with Crippen LogP contribution in [0.3, 0.4) is 0 Å². The molecule has 0 saturated carbocycles. The van der Waals surface area contributed by atoms with Crippen molar-refractivity contribution in [3.63, 3.8) is 0 Å². The van der Waals surface area contributed by atoms with E-state index in [0.717, 1.165) is 11.1 Å². The van der Waals surface area contributed by atoms with Gasteiger partial charge in [0.1, 0.15) is 6.04 Å². The molecule has 1 unspecified atom stereocenters. The smallest absolute Gasteiger partial charge is 0.242 e. The highest BCUT2D eigenvalue weighted by Crippen LogP contribution is 2.16. The van der Waals surface area contributed by atoms with Crippen molar-refractivity contribution in [1.82, 2.24) is 10.2 Å². The van der Waals surface area contributed by atoms with Crippen LogP contribution >= 0.6 is 11.6 Å². The second kappa shape index (κ2) is 9.93. The fourth-order valence-corrected chi connectivity index (χ4v) is 3.12. The number of halogens is 1. The molecule has 29 heavy (non-hydrogen) atoms. The molecular weight excluding hydrogens is 384 g/mol. The van der Waals surface area contributed by atoms with Crippen molar-refractivity contribution in [3.8, 4) is 0 Å². The van der Waals surface area contributed by atoms with E-state index in [-0.39, 0.29) is 17.4 Å². The summed E-state index contributed by atoms with van der Waals surface area (Å²) in [5, 5.41) is 3.62. The molecule has 4 nitrogen and oxygen atoms in total. The Balaban J connectivity index is 2.15. The summed E-state index contributed by atoms with van der Waals surface area (Å²) in [7, 11) is 0. The summed E-state index contributed by atoms with van der Waals surface area (Å²) in [6, 6.07) is 15.0. The van der Waals surface area contributed by atoms with Crippen molar-refractivity contribution in [1.29, 1.82) is 0 Å². The minimum Gasteiger partial charge on any atom is -0.350 e. The number of amides is 2. The lowest BCUT2D eigenvalue weighted by Crippen LogP contribution is -2.52. The van der Waals surface area contributed by atoms with Gasteiger partial charge >= 0.3 is 0 Å². The van der Waals surface area contributed by atoms with Crippen molar-refractivity contribution >= 4 is 23.4 Å². The Morgan fingerprint density at radius 2 is 1.55 bits per heavy atom. The number of nitrogens with one attached hydrogen (secondary N) is 1. The van der Waals surface area contributed by atoms with Crippen molar-refractivity contribution in [3.05, 3.63) is 70.2 Å². The molecule has 2 rings (SSSR count). The molecule has 0 aliphatic carbocycles. The molecule has 0 aliphatic heterocycles. The fourth-order valence-electron chi connectivity index (χ4n) is 2.99. The Kier molecular flexibility index (Phi) is 7.86. The van der Waals surface area contributed by atoms with Crippen LogP contribution in [-0.2, 0) is 22.6 Å². The van der Waals surface area contributed by atoms with Crippen LogP contribution in [0.1, 0.15) is 50.8 Å². The number of hydrogen-bond acceptors (Lipinski definition) is 2. The van der Waals surface area contributed by atoms with Gasteiger partial charge in [-0.15, -0.1) is 0 Å². The van der Waals surface area contributed by atoms with Crippen LogP contribution in [0.2, 0.25) is 5.02 Å². The van der Waals surface area contributed by atoms with E-state index in [1.54, 1.807) is 24.0 Å². The molecule has 2 amide bonds. The Morgan fingerprint density at radius 1 is 1.00 bits per heavy atom. The lowest BCUT2D eigenvalue weighted by molar-refractivity contribution is -0.141. The molecule has 0 saturated heterocycles. The molecule has 0 heterocycles. The first-order valence-corrected chi connectivity index (χ1v) is 10.3. The number of rotatable bonds is 7. The Labute approximate surface area is 179 Å². The molecule has 5 heteroatoms. The van der Waals surface area contributed by atoms with Gasteiger partial charge in [0, 0.05) is 23.5 Å². The number of carbonyl (C=O) groups is 2. The van der Waals surface area contributed by atoms with E-state index in [1.807, 2.05) is 64.1 Å². The number of carbonyl (C=O) groups excluding carboxylic acids is 2. The lowest BCUT2D eigenvalue weighted by Gasteiger charge is -2.31. The number of hydrogen-bond donors (Lipinski definition) is 1. The van der Waals surface area contributed by atoms with Gasteiger partial charge in [-0.25, -0.2) is 0 Å². The van der Waals surface area contributed by atoms with Gasteiger partial charge in [0.25, 0.3) is 0 Å².